The summed E-state index contributed by atoms with van der Waals surface area (Å²) in [6.45, 7) is 6.56. The first kappa shape index (κ1) is 21.9. The molecule has 1 aromatic carbocycles. The first-order chi connectivity index (χ1) is 16.2. The fraction of sp³-hybridized carbons (Fsp3) is 0.560. The molecule has 0 spiro atoms. The lowest BCUT2D eigenvalue weighted by Gasteiger charge is -2.24. The highest BCUT2D eigenvalue weighted by molar-refractivity contribution is 5.70. The predicted octanol–water partition coefficient (Wildman–Crippen LogP) is 3.54. The molecular formula is C25H34N6O2. The molecular weight excluding hydrogens is 416 g/mol. The van der Waals surface area contributed by atoms with E-state index in [1.165, 1.54) is 42.8 Å². The van der Waals surface area contributed by atoms with Crippen LogP contribution in [0.2, 0.25) is 0 Å². The number of H-pyrrole nitrogens is 1. The number of aromatic amines is 1. The second kappa shape index (κ2) is 9.95. The Balaban J connectivity index is 1.46. The summed E-state index contributed by atoms with van der Waals surface area (Å²) in [5.41, 5.74) is 3.03. The highest BCUT2D eigenvalue weighted by Gasteiger charge is 2.18. The largest absolute Gasteiger partial charge is 0.493 e. The van der Waals surface area contributed by atoms with Crippen molar-refractivity contribution in [2.24, 2.45) is 5.92 Å². The molecule has 1 saturated heterocycles. The van der Waals surface area contributed by atoms with Crippen LogP contribution in [0.3, 0.4) is 0 Å². The highest BCUT2D eigenvalue weighted by Crippen LogP contribution is 2.33. The maximum absolute atomic E-state index is 12.6. The van der Waals surface area contributed by atoms with E-state index in [4.69, 9.17) is 9.72 Å². The van der Waals surface area contributed by atoms with Gasteiger partial charge in [0, 0.05) is 31.4 Å². The molecule has 0 radical (unpaired) electrons. The lowest BCUT2D eigenvalue weighted by Crippen LogP contribution is -2.27. The number of nitrogens with one attached hydrogen (secondary N) is 2. The summed E-state index contributed by atoms with van der Waals surface area (Å²) in [5.74, 6) is 2.06. The van der Waals surface area contributed by atoms with Crippen molar-refractivity contribution >= 4 is 11.3 Å². The highest BCUT2D eigenvalue weighted by atomic mass is 16.5. The maximum Gasteiger partial charge on any atom is 0.334 e. The molecule has 8 nitrogen and oxygen atoms in total. The third-order valence-corrected chi connectivity index (χ3v) is 7.01. The van der Waals surface area contributed by atoms with Crippen LogP contribution in [-0.2, 0) is 0 Å². The lowest BCUT2D eigenvalue weighted by molar-refractivity contribution is 0.247. The van der Waals surface area contributed by atoms with Gasteiger partial charge in [-0.1, -0.05) is 32.1 Å². The van der Waals surface area contributed by atoms with Crippen LogP contribution >= 0.6 is 0 Å². The minimum Gasteiger partial charge on any atom is -0.493 e. The number of hydrogen-bond donors (Lipinski definition) is 2. The second-order valence-corrected chi connectivity index (χ2v) is 9.33. The fourth-order valence-corrected chi connectivity index (χ4v) is 5.08. The van der Waals surface area contributed by atoms with Crippen LogP contribution in [0.15, 0.2) is 29.3 Å². The number of fused-ring (bicyclic) bond motifs is 1. The third-order valence-electron chi connectivity index (χ3n) is 7.01. The Hall–Kier alpha value is -2.87. The van der Waals surface area contributed by atoms with Gasteiger partial charge in [0.1, 0.15) is 17.9 Å². The monoisotopic (exact) mass is 450 g/mol. The van der Waals surface area contributed by atoms with E-state index in [-0.39, 0.29) is 5.69 Å². The molecule has 0 unspecified atom stereocenters. The Kier molecular flexibility index (Phi) is 6.62. The van der Waals surface area contributed by atoms with Crippen LogP contribution < -0.4 is 20.6 Å². The van der Waals surface area contributed by atoms with Crippen molar-refractivity contribution < 1.29 is 4.74 Å². The third kappa shape index (κ3) is 4.90. The number of nitrogens with zero attached hydrogens (tertiary/aromatic N) is 4. The number of benzene rings is 1. The van der Waals surface area contributed by atoms with Gasteiger partial charge in [-0.05, 0) is 44.4 Å². The zero-order valence-electron chi connectivity index (χ0n) is 19.5. The number of aromatic nitrogens is 4. The molecule has 0 atom stereocenters. The first-order valence-corrected chi connectivity index (χ1v) is 12.4. The van der Waals surface area contributed by atoms with E-state index < -0.39 is 0 Å². The minimum atomic E-state index is -0.244. The average molecular weight is 451 g/mol. The molecule has 8 heteroatoms. The van der Waals surface area contributed by atoms with Gasteiger partial charge in [0.25, 0.3) is 0 Å². The number of aryl methyl sites for hydroxylation is 1. The average Bonchev–Trinajstić information content (AvgIpc) is 3.04. The van der Waals surface area contributed by atoms with Gasteiger partial charge < -0.3 is 15.0 Å². The zero-order valence-corrected chi connectivity index (χ0v) is 19.5. The number of ether oxygens (including phenoxy) is 1. The molecule has 33 heavy (non-hydrogen) atoms. The van der Waals surface area contributed by atoms with Gasteiger partial charge in [-0.2, -0.15) is 0 Å². The Morgan fingerprint density at radius 3 is 2.88 bits per heavy atom. The van der Waals surface area contributed by atoms with Gasteiger partial charge in [0.2, 0.25) is 0 Å². The van der Waals surface area contributed by atoms with Crippen LogP contribution in [0.4, 0.5) is 5.69 Å². The van der Waals surface area contributed by atoms with E-state index in [1.807, 2.05) is 13.0 Å². The first-order valence-electron chi connectivity index (χ1n) is 12.4. The van der Waals surface area contributed by atoms with E-state index in [0.717, 1.165) is 67.6 Å². The summed E-state index contributed by atoms with van der Waals surface area (Å²) >= 11 is 0. The van der Waals surface area contributed by atoms with Crippen molar-refractivity contribution in [2.75, 3.05) is 37.7 Å². The summed E-state index contributed by atoms with van der Waals surface area (Å²) in [6, 6.07) is 6.26. The summed E-state index contributed by atoms with van der Waals surface area (Å²) in [6.07, 6.45) is 10.4. The van der Waals surface area contributed by atoms with Crippen LogP contribution in [0.25, 0.3) is 17.0 Å². The van der Waals surface area contributed by atoms with Gasteiger partial charge >= 0.3 is 5.69 Å². The minimum absolute atomic E-state index is 0.244. The molecule has 2 N–H and O–H groups in total. The van der Waals surface area contributed by atoms with Crippen molar-refractivity contribution in [3.63, 3.8) is 0 Å². The van der Waals surface area contributed by atoms with Crippen LogP contribution in [-0.4, -0.2) is 52.1 Å². The Morgan fingerprint density at radius 1 is 1.12 bits per heavy atom. The van der Waals surface area contributed by atoms with Gasteiger partial charge in [-0.25, -0.2) is 19.2 Å². The standard InChI is InChI=1S/C25H34N6O2/c1-18-24-28-23(29-25(32)31(24)17-27-18)21-9-8-20(30-13-5-11-26-12-14-30)16-22(21)33-15-10-19-6-3-2-4-7-19/h8-9,16-17,19,26H,2-7,10-15H2,1H3,(H,28,29,32). The maximum atomic E-state index is 12.6. The van der Waals surface area contributed by atoms with Gasteiger partial charge in [-0.15, -0.1) is 0 Å². The predicted molar refractivity (Wildman–Crippen MR) is 130 cm³/mol. The summed E-state index contributed by atoms with van der Waals surface area (Å²) < 4.78 is 7.84. The topological polar surface area (TPSA) is 87.6 Å². The van der Waals surface area contributed by atoms with Crippen molar-refractivity contribution in [3.05, 3.63) is 40.7 Å². The molecule has 5 rings (SSSR count). The number of anilines is 1. The summed E-state index contributed by atoms with van der Waals surface area (Å²) in [7, 11) is 0. The summed E-state index contributed by atoms with van der Waals surface area (Å²) in [5, 5.41) is 3.46. The Labute approximate surface area is 194 Å². The van der Waals surface area contributed by atoms with Crippen molar-refractivity contribution in [2.45, 2.75) is 51.9 Å². The molecule has 3 aromatic rings. The molecule has 1 aliphatic heterocycles. The van der Waals surface area contributed by atoms with Crippen LogP contribution in [0.5, 0.6) is 5.75 Å². The van der Waals surface area contributed by atoms with Crippen molar-refractivity contribution in [1.29, 1.82) is 0 Å². The Bertz CT molecular complexity index is 1140. The quantitative estimate of drug-likeness (QED) is 0.597. The SMILES string of the molecule is Cc1ncn2c(=O)[nH]c(-c3ccc(N4CCCNCC4)cc3OCCC3CCCCC3)nc12. The van der Waals surface area contributed by atoms with Crippen molar-refractivity contribution in [1.82, 2.24) is 24.7 Å². The van der Waals surface area contributed by atoms with E-state index in [0.29, 0.717) is 18.1 Å². The Morgan fingerprint density at radius 2 is 2.00 bits per heavy atom. The smallest absolute Gasteiger partial charge is 0.334 e. The van der Waals surface area contributed by atoms with E-state index in [9.17, 15) is 4.79 Å². The normalized spacial score (nSPS) is 17.9. The van der Waals surface area contributed by atoms with Gasteiger partial charge in [0.05, 0.1) is 17.9 Å². The van der Waals surface area contributed by atoms with E-state index in [2.05, 4.69) is 32.3 Å². The number of hydrogen-bond acceptors (Lipinski definition) is 6. The summed E-state index contributed by atoms with van der Waals surface area (Å²) in [4.78, 5) is 26.9. The van der Waals surface area contributed by atoms with Crippen molar-refractivity contribution in [3.8, 4) is 17.1 Å². The van der Waals surface area contributed by atoms with E-state index in [1.54, 1.807) is 0 Å². The molecule has 0 amide bonds. The second-order valence-electron chi connectivity index (χ2n) is 9.33. The zero-order chi connectivity index (χ0) is 22.6. The van der Waals surface area contributed by atoms with Crippen LogP contribution in [0.1, 0.15) is 50.6 Å². The molecule has 176 valence electrons. The fourth-order valence-electron chi connectivity index (χ4n) is 5.08. The lowest BCUT2D eigenvalue weighted by atomic mass is 9.87. The number of rotatable bonds is 6. The van der Waals surface area contributed by atoms with Gasteiger partial charge in [0.15, 0.2) is 5.65 Å². The van der Waals surface area contributed by atoms with Gasteiger partial charge in [-0.3, -0.25) is 4.98 Å². The molecule has 1 aliphatic carbocycles. The molecule has 3 heterocycles. The molecule has 2 aliphatic rings. The van der Waals surface area contributed by atoms with Crippen LogP contribution in [0, 0.1) is 12.8 Å². The molecule has 1 saturated carbocycles. The van der Waals surface area contributed by atoms with E-state index >= 15 is 0 Å². The molecule has 2 fully saturated rings. The molecule has 0 bridgehead atoms. The molecule has 2 aromatic heterocycles. The number of imidazole rings is 1.